The van der Waals surface area contributed by atoms with Crippen molar-refractivity contribution in [3.8, 4) is 0 Å². The van der Waals surface area contributed by atoms with Gasteiger partial charge in [-0.1, -0.05) is 0 Å². The topological polar surface area (TPSA) is 61.6 Å². The molecule has 1 saturated heterocycles. The Labute approximate surface area is 126 Å². The fourth-order valence-corrected chi connectivity index (χ4v) is 3.01. The van der Waals surface area contributed by atoms with E-state index >= 15 is 0 Å². The summed E-state index contributed by atoms with van der Waals surface area (Å²) in [6.07, 6.45) is 3.81. The first-order valence-electron chi connectivity index (χ1n) is 7.66. The molecule has 5 heteroatoms. The van der Waals surface area contributed by atoms with Gasteiger partial charge in [-0.05, 0) is 37.5 Å². The van der Waals surface area contributed by atoms with E-state index in [4.69, 9.17) is 5.73 Å². The SMILES string of the molecule is CN(C)C(=O)c1ccc(N)cc1NC1CCN(C2CC2)C1. The van der Waals surface area contributed by atoms with Crippen molar-refractivity contribution in [2.24, 2.45) is 0 Å². The molecule has 2 fully saturated rings. The third-order valence-corrected chi connectivity index (χ3v) is 4.32. The summed E-state index contributed by atoms with van der Waals surface area (Å²) in [7, 11) is 3.54. The molecule has 5 nitrogen and oxygen atoms in total. The number of carbonyl (C=O) groups is 1. The van der Waals surface area contributed by atoms with Crippen LogP contribution in [0.2, 0.25) is 0 Å². The number of amides is 1. The van der Waals surface area contributed by atoms with Gasteiger partial charge in [-0.3, -0.25) is 9.69 Å². The van der Waals surface area contributed by atoms with Crippen molar-refractivity contribution < 1.29 is 4.79 Å². The lowest BCUT2D eigenvalue weighted by molar-refractivity contribution is 0.0828. The number of hydrogen-bond acceptors (Lipinski definition) is 4. The Kier molecular flexibility index (Phi) is 3.76. The van der Waals surface area contributed by atoms with Crippen LogP contribution in [0.5, 0.6) is 0 Å². The van der Waals surface area contributed by atoms with Crippen molar-refractivity contribution in [2.75, 3.05) is 38.2 Å². The number of anilines is 2. The van der Waals surface area contributed by atoms with Crippen LogP contribution < -0.4 is 11.1 Å². The molecule has 1 unspecified atom stereocenters. The number of rotatable bonds is 4. The zero-order valence-electron chi connectivity index (χ0n) is 12.8. The summed E-state index contributed by atoms with van der Waals surface area (Å²) in [5.41, 5.74) is 8.12. The largest absolute Gasteiger partial charge is 0.399 e. The van der Waals surface area contributed by atoms with Crippen LogP contribution in [-0.2, 0) is 0 Å². The first-order valence-corrected chi connectivity index (χ1v) is 7.66. The highest BCUT2D eigenvalue weighted by molar-refractivity contribution is 6.00. The van der Waals surface area contributed by atoms with E-state index in [1.807, 2.05) is 12.1 Å². The average molecular weight is 288 g/mol. The van der Waals surface area contributed by atoms with Crippen LogP contribution in [0, 0.1) is 0 Å². The Morgan fingerprint density at radius 3 is 2.76 bits per heavy atom. The third-order valence-electron chi connectivity index (χ3n) is 4.32. The quantitative estimate of drug-likeness (QED) is 0.827. The van der Waals surface area contributed by atoms with Crippen molar-refractivity contribution in [1.29, 1.82) is 0 Å². The summed E-state index contributed by atoms with van der Waals surface area (Å²) in [6.45, 7) is 2.22. The van der Waals surface area contributed by atoms with Gasteiger partial charge in [-0.25, -0.2) is 0 Å². The van der Waals surface area contributed by atoms with E-state index < -0.39 is 0 Å². The fourth-order valence-electron chi connectivity index (χ4n) is 3.01. The van der Waals surface area contributed by atoms with Crippen molar-refractivity contribution >= 4 is 17.3 Å². The van der Waals surface area contributed by atoms with Crippen LogP contribution in [0.15, 0.2) is 18.2 Å². The number of nitrogens with zero attached hydrogens (tertiary/aromatic N) is 2. The van der Waals surface area contributed by atoms with Gasteiger partial charge < -0.3 is 16.0 Å². The molecule has 3 N–H and O–H groups in total. The number of nitrogens with one attached hydrogen (secondary N) is 1. The number of carbonyl (C=O) groups excluding carboxylic acids is 1. The molecule has 1 aromatic rings. The van der Waals surface area contributed by atoms with Crippen molar-refractivity contribution in [3.63, 3.8) is 0 Å². The molecule has 0 bridgehead atoms. The summed E-state index contributed by atoms with van der Waals surface area (Å²) in [5.74, 6) is 0.00884. The second kappa shape index (κ2) is 5.56. The fraction of sp³-hybridized carbons (Fsp3) is 0.562. The van der Waals surface area contributed by atoms with E-state index in [0.29, 0.717) is 17.3 Å². The van der Waals surface area contributed by atoms with Gasteiger partial charge in [0.1, 0.15) is 0 Å². The molecule has 0 aromatic heterocycles. The van der Waals surface area contributed by atoms with Gasteiger partial charge >= 0.3 is 0 Å². The third kappa shape index (κ3) is 3.13. The van der Waals surface area contributed by atoms with E-state index in [-0.39, 0.29) is 5.91 Å². The Morgan fingerprint density at radius 2 is 2.10 bits per heavy atom. The van der Waals surface area contributed by atoms with E-state index in [1.165, 1.54) is 12.8 Å². The van der Waals surface area contributed by atoms with Gasteiger partial charge in [0.15, 0.2) is 0 Å². The summed E-state index contributed by atoms with van der Waals surface area (Å²) < 4.78 is 0. The minimum atomic E-state index is 0.00884. The molecule has 1 aliphatic heterocycles. The normalized spacial score (nSPS) is 22.3. The lowest BCUT2D eigenvalue weighted by Crippen LogP contribution is -2.29. The zero-order chi connectivity index (χ0) is 15.0. The lowest BCUT2D eigenvalue weighted by atomic mass is 10.1. The number of benzene rings is 1. The molecule has 114 valence electrons. The van der Waals surface area contributed by atoms with Crippen LogP contribution in [-0.4, -0.2) is 55.0 Å². The van der Waals surface area contributed by atoms with Crippen LogP contribution >= 0.6 is 0 Å². The molecule has 0 spiro atoms. The molecule has 1 atom stereocenters. The van der Waals surface area contributed by atoms with Crippen molar-refractivity contribution in [2.45, 2.75) is 31.3 Å². The Hall–Kier alpha value is -1.75. The van der Waals surface area contributed by atoms with E-state index in [1.54, 1.807) is 25.1 Å². The van der Waals surface area contributed by atoms with Gasteiger partial charge in [0.05, 0.1) is 5.56 Å². The molecule has 1 amide bonds. The maximum atomic E-state index is 12.3. The Morgan fingerprint density at radius 1 is 1.33 bits per heavy atom. The number of nitrogens with two attached hydrogens (primary N) is 1. The summed E-state index contributed by atoms with van der Waals surface area (Å²) in [4.78, 5) is 16.4. The molecule has 1 heterocycles. The van der Waals surface area contributed by atoms with E-state index in [0.717, 1.165) is 31.2 Å². The highest BCUT2D eigenvalue weighted by Gasteiger charge is 2.34. The highest BCUT2D eigenvalue weighted by atomic mass is 16.2. The maximum absolute atomic E-state index is 12.3. The van der Waals surface area contributed by atoms with Crippen LogP contribution in [0.1, 0.15) is 29.6 Å². The Balaban J connectivity index is 1.74. The van der Waals surface area contributed by atoms with Gasteiger partial charge in [-0.15, -0.1) is 0 Å². The van der Waals surface area contributed by atoms with Gasteiger partial charge in [0.25, 0.3) is 5.91 Å². The van der Waals surface area contributed by atoms with Crippen LogP contribution in [0.25, 0.3) is 0 Å². The Bertz CT molecular complexity index is 539. The van der Waals surface area contributed by atoms with Gasteiger partial charge in [-0.2, -0.15) is 0 Å². The molecule has 1 aromatic carbocycles. The number of nitrogen functional groups attached to an aromatic ring is 1. The highest BCUT2D eigenvalue weighted by Crippen LogP contribution is 2.31. The minimum Gasteiger partial charge on any atom is -0.399 e. The van der Waals surface area contributed by atoms with E-state index in [2.05, 4.69) is 10.2 Å². The second-order valence-electron chi connectivity index (χ2n) is 6.36. The summed E-state index contributed by atoms with van der Waals surface area (Å²) >= 11 is 0. The van der Waals surface area contributed by atoms with Gasteiger partial charge in [0, 0.05) is 50.6 Å². The molecule has 0 radical (unpaired) electrons. The lowest BCUT2D eigenvalue weighted by Gasteiger charge is -2.20. The predicted octanol–water partition coefficient (Wildman–Crippen LogP) is 1.62. The van der Waals surface area contributed by atoms with Gasteiger partial charge in [0.2, 0.25) is 0 Å². The van der Waals surface area contributed by atoms with Crippen molar-refractivity contribution in [3.05, 3.63) is 23.8 Å². The first-order chi connectivity index (χ1) is 10.0. The number of likely N-dealkylation sites (tertiary alicyclic amines) is 1. The molecule has 1 saturated carbocycles. The molecule has 21 heavy (non-hydrogen) atoms. The summed E-state index contributed by atoms with van der Waals surface area (Å²) in [6, 6.07) is 6.68. The summed E-state index contributed by atoms with van der Waals surface area (Å²) in [5, 5.41) is 3.53. The smallest absolute Gasteiger partial charge is 0.255 e. The zero-order valence-corrected chi connectivity index (χ0v) is 12.8. The number of hydrogen-bond donors (Lipinski definition) is 2. The second-order valence-corrected chi connectivity index (χ2v) is 6.36. The first kappa shape index (κ1) is 14.2. The molecule has 3 rings (SSSR count). The monoisotopic (exact) mass is 288 g/mol. The van der Waals surface area contributed by atoms with Crippen LogP contribution in [0.3, 0.4) is 0 Å². The standard InChI is InChI=1S/C16H24N4O/c1-19(2)16(21)14-6-3-11(17)9-15(14)18-12-7-8-20(10-12)13-4-5-13/h3,6,9,12-13,18H,4-5,7-8,10,17H2,1-2H3. The minimum absolute atomic E-state index is 0.00884. The van der Waals surface area contributed by atoms with Crippen molar-refractivity contribution in [1.82, 2.24) is 9.80 Å². The molecule has 1 aliphatic carbocycles. The maximum Gasteiger partial charge on any atom is 0.255 e. The average Bonchev–Trinajstić information content (AvgIpc) is 3.19. The van der Waals surface area contributed by atoms with E-state index in [9.17, 15) is 4.79 Å². The molecular weight excluding hydrogens is 264 g/mol. The molecule has 2 aliphatic rings. The predicted molar refractivity (Wildman–Crippen MR) is 85.5 cm³/mol. The molecular formula is C16H24N4O. The van der Waals surface area contributed by atoms with Crippen LogP contribution in [0.4, 0.5) is 11.4 Å².